The first kappa shape index (κ1) is 14.1. The molecular formula is C17H19NO2S. The number of ether oxygens (including phenoxy) is 1. The van der Waals surface area contributed by atoms with Gasteiger partial charge in [-0.15, -0.1) is 11.3 Å². The molecular weight excluding hydrogens is 282 g/mol. The van der Waals surface area contributed by atoms with Crippen LogP contribution in [0.15, 0.2) is 29.6 Å². The van der Waals surface area contributed by atoms with Crippen LogP contribution in [0.3, 0.4) is 0 Å². The quantitative estimate of drug-likeness (QED) is 0.911. The first-order chi connectivity index (χ1) is 10.1. The third-order valence-corrected chi connectivity index (χ3v) is 4.37. The molecule has 1 saturated carbocycles. The normalized spacial score (nSPS) is 14.0. The number of hydrogen-bond acceptors (Lipinski definition) is 3. The highest BCUT2D eigenvalue weighted by Gasteiger charge is 2.24. The van der Waals surface area contributed by atoms with Gasteiger partial charge in [-0.25, -0.2) is 0 Å². The van der Waals surface area contributed by atoms with Crippen LogP contribution in [-0.4, -0.2) is 11.9 Å². The fraction of sp³-hybridized carbons (Fsp3) is 0.353. The second kappa shape index (κ2) is 5.90. The van der Waals surface area contributed by atoms with Crippen molar-refractivity contribution in [3.05, 3.63) is 51.2 Å². The van der Waals surface area contributed by atoms with Crippen molar-refractivity contribution in [1.82, 2.24) is 5.32 Å². The second-order valence-electron chi connectivity index (χ2n) is 5.68. The van der Waals surface area contributed by atoms with Crippen LogP contribution in [0, 0.1) is 13.8 Å². The van der Waals surface area contributed by atoms with E-state index in [4.69, 9.17) is 4.74 Å². The van der Waals surface area contributed by atoms with Gasteiger partial charge in [0.05, 0.1) is 4.88 Å². The molecule has 1 aromatic carbocycles. The van der Waals surface area contributed by atoms with Crippen molar-refractivity contribution in [2.45, 2.75) is 39.3 Å². The number of hydrogen-bond donors (Lipinski definition) is 1. The van der Waals surface area contributed by atoms with Crippen molar-refractivity contribution in [3.63, 3.8) is 0 Å². The van der Waals surface area contributed by atoms with Crippen molar-refractivity contribution < 1.29 is 9.53 Å². The lowest BCUT2D eigenvalue weighted by Crippen LogP contribution is -2.24. The zero-order valence-electron chi connectivity index (χ0n) is 12.3. The summed E-state index contributed by atoms with van der Waals surface area (Å²) in [6, 6.07) is 8.50. The predicted octanol–water partition coefficient (Wildman–Crippen LogP) is 3.84. The lowest BCUT2D eigenvalue weighted by molar-refractivity contribution is 0.0955. The van der Waals surface area contributed by atoms with Crippen LogP contribution in [-0.2, 0) is 6.61 Å². The summed E-state index contributed by atoms with van der Waals surface area (Å²) in [5, 5.41) is 4.99. The van der Waals surface area contributed by atoms with E-state index in [9.17, 15) is 4.79 Å². The van der Waals surface area contributed by atoms with Crippen molar-refractivity contribution in [3.8, 4) is 5.75 Å². The molecule has 3 nitrogen and oxygen atoms in total. The largest absolute Gasteiger partial charge is 0.489 e. The van der Waals surface area contributed by atoms with E-state index >= 15 is 0 Å². The molecule has 1 heterocycles. The van der Waals surface area contributed by atoms with Crippen molar-refractivity contribution in [2.75, 3.05) is 0 Å². The summed E-state index contributed by atoms with van der Waals surface area (Å²) in [5.41, 5.74) is 3.43. The molecule has 1 aliphatic carbocycles. The Morgan fingerprint density at radius 1 is 1.24 bits per heavy atom. The highest BCUT2D eigenvalue weighted by molar-refractivity contribution is 7.12. The average Bonchev–Trinajstić information content (AvgIpc) is 3.10. The molecule has 0 atom stereocenters. The van der Waals surface area contributed by atoms with Crippen LogP contribution < -0.4 is 10.1 Å². The lowest BCUT2D eigenvalue weighted by atomic mass is 10.1. The Morgan fingerprint density at radius 2 is 1.95 bits per heavy atom. The van der Waals surface area contributed by atoms with Crippen LogP contribution in [0.5, 0.6) is 5.75 Å². The fourth-order valence-corrected chi connectivity index (χ4v) is 3.04. The molecule has 1 fully saturated rings. The summed E-state index contributed by atoms with van der Waals surface area (Å²) in [7, 11) is 0. The molecule has 1 amide bonds. The van der Waals surface area contributed by atoms with Gasteiger partial charge in [0.15, 0.2) is 0 Å². The molecule has 2 aromatic rings. The smallest absolute Gasteiger partial charge is 0.261 e. The fourth-order valence-electron chi connectivity index (χ4n) is 2.24. The molecule has 4 heteroatoms. The van der Waals surface area contributed by atoms with Gasteiger partial charge in [-0.3, -0.25) is 4.79 Å². The van der Waals surface area contributed by atoms with Gasteiger partial charge in [-0.2, -0.15) is 0 Å². The molecule has 1 aromatic heterocycles. The number of thiophene rings is 1. The Morgan fingerprint density at radius 3 is 2.62 bits per heavy atom. The number of carbonyl (C=O) groups is 1. The van der Waals surface area contributed by atoms with E-state index in [0.29, 0.717) is 12.6 Å². The Labute approximate surface area is 129 Å². The second-order valence-corrected chi connectivity index (χ2v) is 6.59. The number of rotatable bonds is 5. The minimum Gasteiger partial charge on any atom is -0.489 e. The molecule has 0 bridgehead atoms. The summed E-state index contributed by atoms with van der Waals surface area (Å²) in [6.45, 7) is 4.62. The summed E-state index contributed by atoms with van der Waals surface area (Å²) >= 11 is 1.48. The monoisotopic (exact) mass is 301 g/mol. The van der Waals surface area contributed by atoms with Gasteiger partial charge in [0.25, 0.3) is 5.91 Å². The first-order valence-corrected chi connectivity index (χ1v) is 8.07. The van der Waals surface area contributed by atoms with Gasteiger partial charge < -0.3 is 10.1 Å². The van der Waals surface area contributed by atoms with Crippen LogP contribution in [0.1, 0.15) is 39.2 Å². The standard InChI is InChI=1S/C17H19NO2S/c1-11-5-12(2)7-15(6-11)20-9-13-8-16(21-10-13)17(19)18-14-3-4-14/h5-8,10,14H,3-4,9H2,1-2H3,(H,18,19). The van der Waals surface area contributed by atoms with E-state index < -0.39 is 0 Å². The van der Waals surface area contributed by atoms with E-state index in [-0.39, 0.29) is 5.91 Å². The average molecular weight is 301 g/mol. The van der Waals surface area contributed by atoms with Crippen molar-refractivity contribution in [2.24, 2.45) is 0 Å². The Balaban J connectivity index is 1.60. The zero-order valence-corrected chi connectivity index (χ0v) is 13.1. The third kappa shape index (κ3) is 3.85. The van der Waals surface area contributed by atoms with E-state index in [1.54, 1.807) is 0 Å². The molecule has 21 heavy (non-hydrogen) atoms. The van der Waals surface area contributed by atoms with Crippen LogP contribution in [0.4, 0.5) is 0 Å². The maximum Gasteiger partial charge on any atom is 0.261 e. The molecule has 0 spiro atoms. The van der Waals surface area contributed by atoms with Gasteiger partial charge in [0.2, 0.25) is 0 Å². The van der Waals surface area contributed by atoms with Crippen molar-refractivity contribution in [1.29, 1.82) is 0 Å². The molecule has 0 unspecified atom stereocenters. The summed E-state index contributed by atoms with van der Waals surface area (Å²) in [6.07, 6.45) is 2.22. The Hall–Kier alpha value is -1.81. The summed E-state index contributed by atoms with van der Waals surface area (Å²) in [4.78, 5) is 12.7. The highest BCUT2D eigenvalue weighted by atomic mass is 32.1. The lowest BCUT2D eigenvalue weighted by Gasteiger charge is -2.07. The molecule has 0 saturated heterocycles. The third-order valence-electron chi connectivity index (χ3n) is 3.39. The molecule has 3 rings (SSSR count). The number of aryl methyl sites for hydroxylation is 2. The topological polar surface area (TPSA) is 38.3 Å². The Bertz CT molecular complexity index is 638. The SMILES string of the molecule is Cc1cc(C)cc(OCc2csc(C(=O)NC3CC3)c2)c1. The van der Waals surface area contributed by atoms with Gasteiger partial charge in [0, 0.05) is 11.6 Å². The molecule has 1 aliphatic rings. The molecule has 110 valence electrons. The maximum atomic E-state index is 11.9. The maximum absolute atomic E-state index is 11.9. The highest BCUT2D eigenvalue weighted by Crippen LogP contribution is 2.22. The van der Waals surface area contributed by atoms with Gasteiger partial charge >= 0.3 is 0 Å². The van der Waals surface area contributed by atoms with E-state index in [1.165, 1.54) is 22.5 Å². The van der Waals surface area contributed by atoms with E-state index in [2.05, 4.69) is 25.2 Å². The number of benzene rings is 1. The minimum absolute atomic E-state index is 0.0418. The van der Waals surface area contributed by atoms with Gasteiger partial charge in [-0.05, 0) is 61.4 Å². The molecule has 0 radical (unpaired) electrons. The van der Waals surface area contributed by atoms with Crippen molar-refractivity contribution >= 4 is 17.2 Å². The summed E-state index contributed by atoms with van der Waals surface area (Å²) in [5.74, 6) is 0.919. The minimum atomic E-state index is 0.0418. The first-order valence-electron chi connectivity index (χ1n) is 7.19. The number of nitrogens with one attached hydrogen (secondary N) is 1. The van der Waals surface area contributed by atoms with Gasteiger partial charge in [-0.1, -0.05) is 6.07 Å². The van der Waals surface area contributed by atoms with E-state index in [1.807, 2.05) is 23.6 Å². The van der Waals surface area contributed by atoms with E-state index in [0.717, 1.165) is 29.0 Å². The number of amides is 1. The molecule has 0 aliphatic heterocycles. The van der Waals surface area contributed by atoms with Gasteiger partial charge in [0.1, 0.15) is 12.4 Å². The van der Waals surface area contributed by atoms with Crippen LogP contribution in [0.25, 0.3) is 0 Å². The summed E-state index contributed by atoms with van der Waals surface area (Å²) < 4.78 is 5.82. The number of carbonyl (C=O) groups excluding carboxylic acids is 1. The predicted molar refractivity (Wildman–Crippen MR) is 85.1 cm³/mol. The zero-order chi connectivity index (χ0) is 14.8. The van der Waals surface area contributed by atoms with Crippen LogP contribution in [0.2, 0.25) is 0 Å². The molecule has 1 N–H and O–H groups in total. The Kier molecular flexibility index (Phi) is 3.97. The van der Waals surface area contributed by atoms with Crippen LogP contribution >= 0.6 is 11.3 Å².